The zero-order valence-corrected chi connectivity index (χ0v) is 12.7. The van der Waals surface area contributed by atoms with Crippen LogP contribution in [0, 0.1) is 11.3 Å². The Bertz CT molecular complexity index is 749. The Hall–Kier alpha value is -2.35. The van der Waals surface area contributed by atoms with Crippen molar-refractivity contribution in [2.45, 2.75) is 12.2 Å². The van der Waals surface area contributed by atoms with Crippen molar-refractivity contribution in [2.75, 3.05) is 20.6 Å². The molecule has 0 saturated carbocycles. The number of hydrogen-bond acceptors (Lipinski definition) is 4. The van der Waals surface area contributed by atoms with Gasteiger partial charge in [0.15, 0.2) is 0 Å². The van der Waals surface area contributed by atoms with Crippen molar-refractivity contribution in [1.82, 2.24) is 4.90 Å². The summed E-state index contributed by atoms with van der Waals surface area (Å²) in [5.74, 6) is 0.625. The van der Waals surface area contributed by atoms with E-state index in [1.807, 2.05) is 43.3 Å². The van der Waals surface area contributed by atoms with Gasteiger partial charge in [-0.15, -0.1) is 0 Å². The van der Waals surface area contributed by atoms with Gasteiger partial charge < -0.3 is 14.7 Å². The highest BCUT2D eigenvalue weighted by Gasteiger charge is 2.38. The molecule has 0 radical (unpaired) electrons. The Balaban J connectivity index is 2.27. The molecule has 1 N–H and O–H groups in total. The minimum Gasteiger partial charge on any atom is -0.488 e. The Morgan fingerprint density at radius 1 is 1.23 bits per heavy atom. The molecule has 3 rings (SSSR count). The number of hydrogen-bond donors (Lipinski definition) is 1. The molecule has 1 aliphatic heterocycles. The molecule has 1 aliphatic rings. The molecule has 1 unspecified atom stereocenters. The summed E-state index contributed by atoms with van der Waals surface area (Å²) >= 11 is 0. The normalized spacial score (nSPS) is 19.6. The van der Waals surface area contributed by atoms with Crippen LogP contribution in [-0.2, 0) is 12.2 Å². The standard InChI is InChI=1S/C18H18N2O2/c1-20(2)12-18(21)15-6-4-3-5-14(15)11-22-17-8-7-13(10-19)9-16(17)18/h3-9,21H,11-12H2,1-2H3. The average Bonchev–Trinajstić information content (AvgIpc) is 2.63. The lowest BCUT2D eigenvalue weighted by molar-refractivity contribution is 0.0508. The van der Waals surface area contributed by atoms with Gasteiger partial charge in [-0.2, -0.15) is 5.26 Å². The largest absolute Gasteiger partial charge is 0.488 e. The zero-order chi connectivity index (χ0) is 15.7. The molecule has 0 fully saturated rings. The van der Waals surface area contributed by atoms with Crippen LogP contribution in [0.1, 0.15) is 22.3 Å². The van der Waals surface area contributed by atoms with Gasteiger partial charge in [-0.05, 0) is 43.4 Å². The molecule has 4 heteroatoms. The van der Waals surface area contributed by atoms with Crippen LogP contribution in [0.25, 0.3) is 0 Å². The molecule has 0 spiro atoms. The number of rotatable bonds is 2. The maximum absolute atomic E-state index is 11.5. The first-order valence-electron chi connectivity index (χ1n) is 7.17. The van der Waals surface area contributed by atoms with E-state index in [0.29, 0.717) is 30.0 Å². The lowest BCUT2D eigenvalue weighted by Gasteiger charge is -2.32. The first-order valence-corrected chi connectivity index (χ1v) is 7.17. The van der Waals surface area contributed by atoms with E-state index in [0.717, 1.165) is 11.1 Å². The summed E-state index contributed by atoms with van der Waals surface area (Å²) in [4.78, 5) is 1.94. The molecule has 2 aromatic rings. The monoisotopic (exact) mass is 294 g/mol. The fourth-order valence-corrected chi connectivity index (χ4v) is 3.03. The summed E-state index contributed by atoms with van der Waals surface area (Å²) in [6.45, 7) is 0.820. The quantitative estimate of drug-likeness (QED) is 0.923. The number of nitriles is 1. The number of nitrogens with zero attached hydrogens (tertiary/aromatic N) is 2. The van der Waals surface area contributed by atoms with Gasteiger partial charge in [0.1, 0.15) is 18.0 Å². The van der Waals surface area contributed by atoms with Crippen LogP contribution in [0.4, 0.5) is 0 Å². The Kier molecular flexibility index (Phi) is 3.61. The smallest absolute Gasteiger partial charge is 0.131 e. The van der Waals surface area contributed by atoms with E-state index in [1.165, 1.54) is 0 Å². The second kappa shape index (κ2) is 5.45. The predicted molar refractivity (Wildman–Crippen MR) is 83.5 cm³/mol. The van der Waals surface area contributed by atoms with Crippen LogP contribution in [0.5, 0.6) is 5.75 Å². The second-order valence-corrected chi connectivity index (χ2v) is 5.87. The maximum Gasteiger partial charge on any atom is 0.131 e. The topological polar surface area (TPSA) is 56.5 Å². The van der Waals surface area contributed by atoms with Gasteiger partial charge >= 0.3 is 0 Å². The Morgan fingerprint density at radius 2 is 2.00 bits per heavy atom. The van der Waals surface area contributed by atoms with E-state index in [2.05, 4.69) is 6.07 Å². The van der Waals surface area contributed by atoms with Gasteiger partial charge in [0.05, 0.1) is 11.6 Å². The molecular weight excluding hydrogens is 276 g/mol. The molecule has 0 aliphatic carbocycles. The fourth-order valence-electron chi connectivity index (χ4n) is 3.03. The van der Waals surface area contributed by atoms with E-state index in [9.17, 15) is 10.4 Å². The van der Waals surface area contributed by atoms with Crippen molar-refractivity contribution < 1.29 is 9.84 Å². The summed E-state index contributed by atoms with van der Waals surface area (Å²) < 4.78 is 5.86. The average molecular weight is 294 g/mol. The van der Waals surface area contributed by atoms with Crippen LogP contribution in [0.15, 0.2) is 42.5 Å². The third-order valence-electron chi connectivity index (χ3n) is 3.95. The number of ether oxygens (including phenoxy) is 1. The van der Waals surface area contributed by atoms with Crippen molar-refractivity contribution in [3.63, 3.8) is 0 Å². The van der Waals surface area contributed by atoms with Crippen molar-refractivity contribution in [3.05, 3.63) is 64.7 Å². The molecule has 0 aromatic heterocycles. The zero-order valence-electron chi connectivity index (χ0n) is 12.7. The van der Waals surface area contributed by atoms with Gasteiger partial charge in [0.2, 0.25) is 0 Å². The van der Waals surface area contributed by atoms with Crippen molar-refractivity contribution in [2.24, 2.45) is 0 Å². The van der Waals surface area contributed by atoms with Crippen LogP contribution >= 0.6 is 0 Å². The van der Waals surface area contributed by atoms with Gasteiger partial charge in [-0.3, -0.25) is 0 Å². The minimum absolute atomic E-state index is 0.408. The third kappa shape index (κ3) is 2.35. The summed E-state index contributed by atoms with van der Waals surface area (Å²) in [6, 6.07) is 15.1. The molecule has 1 atom stereocenters. The molecule has 2 aromatic carbocycles. The van der Waals surface area contributed by atoms with E-state index in [4.69, 9.17) is 4.74 Å². The van der Waals surface area contributed by atoms with Gasteiger partial charge in [-0.1, -0.05) is 24.3 Å². The maximum atomic E-state index is 11.5. The second-order valence-electron chi connectivity index (χ2n) is 5.87. The fraction of sp³-hybridized carbons (Fsp3) is 0.278. The molecular formula is C18H18N2O2. The number of fused-ring (bicyclic) bond motifs is 2. The molecule has 22 heavy (non-hydrogen) atoms. The van der Waals surface area contributed by atoms with E-state index in [1.54, 1.807) is 18.2 Å². The lowest BCUT2D eigenvalue weighted by Crippen LogP contribution is -2.39. The predicted octanol–water partition coefficient (Wildman–Crippen LogP) is 2.25. The molecule has 0 bridgehead atoms. The summed E-state index contributed by atoms with van der Waals surface area (Å²) in [6.07, 6.45) is 0. The van der Waals surface area contributed by atoms with Gasteiger partial charge in [0.25, 0.3) is 0 Å². The lowest BCUT2D eigenvalue weighted by atomic mass is 9.83. The van der Waals surface area contributed by atoms with Crippen LogP contribution in [0.2, 0.25) is 0 Å². The first-order chi connectivity index (χ1) is 10.5. The SMILES string of the molecule is CN(C)CC1(O)c2ccccc2COc2ccc(C#N)cc21. The van der Waals surface area contributed by atoms with E-state index < -0.39 is 5.60 Å². The minimum atomic E-state index is -1.21. The number of aliphatic hydroxyl groups is 1. The van der Waals surface area contributed by atoms with Crippen LogP contribution < -0.4 is 4.74 Å². The van der Waals surface area contributed by atoms with Crippen LogP contribution in [-0.4, -0.2) is 30.6 Å². The highest BCUT2D eigenvalue weighted by Crippen LogP contribution is 2.41. The molecule has 0 saturated heterocycles. The Labute approximate surface area is 130 Å². The van der Waals surface area contributed by atoms with E-state index >= 15 is 0 Å². The van der Waals surface area contributed by atoms with Gasteiger partial charge in [0, 0.05) is 12.1 Å². The highest BCUT2D eigenvalue weighted by atomic mass is 16.5. The summed E-state index contributed by atoms with van der Waals surface area (Å²) in [5.41, 5.74) is 1.74. The van der Waals surface area contributed by atoms with Gasteiger partial charge in [-0.25, -0.2) is 0 Å². The summed E-state index contributed by atoms with van der Waals surface area (Å²) in [5, 5.41) is 20.7. The number of benzene rings is 2. The molecule has 0 amide bonds. The first kappa shape index (κ1) is 14.6. The molecule has 1 heterocycles. The Morgan fingerprint density at radius 3 is 2.73 bits per heavy atom. The third-order valence-corrected chi connectivity index (χ3v) is 3.95. The highest BCUT2D eigenvalue weighted by molar-refractivity contribution is 5.52. The van der Waals surface area contributed by atoms with Crippen molar-refractivity contribution in [1.29, 1.82) is 5.26 Å². The van der Waals surface area contributed by atoms with Crippen LogP contribution in [0.3, 0.4) is 0 Å². The number of likely N-dealkylation sites (N-methyl/N-ethyl adjacent to an activating group) is 1. The van der Waals surface area contributed by atoms with Crippen molar-refractivity contribution in [3.8, 4) is 11.8 Å². The summed E-state index contributed by atoms with van der Waals surface area (Å²) in [7, 11) is 3.83. The van der Waals surface area contributed by atoms with Crippen molar-refractivity contribution >= 4 is 0 Å². The molecule has 112 valence electrons. The van der Waals surface area contributed by atoms with E-state index in [-0.39, 0.29) is 0 Å². The molecule has 4 nitrogen and oxygen atoms in total.